The number of aromatic nitrogens is 1. The highest BCUT2D eigenvalue weighted by Crippen LogP contribution is 2.34. The number of aliphatic hydroxyl groups is 1. The SMILES string of the molecule is O=C([C@H]1C[C@@H](O)CN1)N1CCC(c2nc3ccccc3s2)CC1. The van der Waals surface area contributed by atoms with Crippen LogP contribution in [0, 0.1) is 0 Å². The number of fused-ring (bicyclic) bond motifs is 1. The summed E-state index contributed by atoms with van der Waals surface area (Å²) in [5, 5.41) is 13.9. The molecule has 4 rings (SSSR count). The van der Waals surface area contributed by atoms with Crippen LogP contribution in [-0.2, 0) is 4.79 Å². The third kappa shape index (κ3) is 2.98. The quantitative estimate of drug-likeness (QED) is 0.879. The number of nitrogens with one attached hydrogen (secondary N) is 1. The topological polar surface area (TPSA) is 65.5 Å². The minimum atomic E-state index is -0.385. The number of thiazole rings is 1. The molecule has 6 heteroatoms. The van der Waals surface area contributed by atoms with Crippen molar-refractivity contribution in [3.05, 3.63) is 29.3 Å². The Balaban J connectivity index is 1.39. The summed E-state index contributed by atoms with van der Waals surface area (Å²) in [4.78, 5) is 19.2. The van der Waals surface area contributed by atoms with E-state index in [1.165, 1.54) is 9.71 Å². The first-order chi connectivity index (χ1) is 11.2. The van der Waals surface area contributed by atoms with E-state index in [0.717, 1.165) is 31.4 Å². The van der Waals surface area contributed by atoms with E-state index in [2.05, 4.69) is 23.5 Å². The summed E-state index contributed by atoms with van der Waals surface area (Å²) in [6.45, 7) is 2.10. The van der Waals surface area contributed by atoms with E-state index in [0.29, 0.717) is 18.9 Å². The van der Waals surface area contributed by atoms with Crippen LogP contribution in [0.2, 0.25) is 0 Å². The lowest BCUT2D eigenvalue weighted by molar-refractivity contribution is -0.134. The molecule has 2 fully saturated rings. The van der Waals surface area contributed by atoms with Crippen LogP contribution >= 0.6 is 11.3 Å². The van der Waals surface area contributed by atoms with Gasteiger partial charge in [0.25, 0.3) is 0 Å². The Hall–Kier alpha value is -1.50. The van der Waals surface area contributed by atoms with Crippen molar-refractivity contribution in [2.24, 2.45) is 0 Å². The maximum atomic E-state index is 12.5. The highest BCUT2D eigenvalue weighted by Gasteiger charge is 2.33. The first-order valence-corrected chi connectivity index (χ1v) is 9.08. The summed E-state index contributed by atoms with van der Waals surface area (Å²) < 4.78 is 1.24. The summed E-state index contributed by atoms with van der Waals surface area (Å²) in [5.41, 5.74) is 1.08. The summed E-state index contributed by atoms with van der Waals surface area (Å²) in [6.07, 6.45) is 2.10. The van der Waals surface area contributed by atoms with Crippen LogP contribution in [0.25, 0.3) is 10.2 Å². The second-order valence-corrected chi connectivity index (χ2v) is 7.53. The van der Waals surface area contributed by atoms with E-state index in [1.54, 1.807) is 11.3 Å². The molecule has 1 aromatic carbocycles. The number of hydrogen-bond donors (Lipinski definition) is 2. The fraction of sp³-hybridized carbons (Fsp3) is 0.529. The normalized spacial score (nSPS) is 26.0. The van der Waals surface area contributed by atoms with Crippen LogP contribution < -0.4 is 5.32 Å². The highest BCUT2D eigenvalue weighted by atomic mass is 32.1. The van der Waals surface area contributed by atoms with E-state index in [-0.39, 0.29) is 18.1 Å². The number of para-hydroxylation sites is 1. The first kappa shape index (κ1) is 15.1. The Labute approximate surface area is 139 Å². The van der Waals surface area contributed by atoms with Crippen LogP contribution in [0.3, 0.4) is 0 Å². The van der Waals surface area contributed by atoms with E-state index in [9.17, 15) is 9.90 Å². The molecule has 2 aliphatic rings. The second-order valence-electron chi connectivity index (χ2n) is 6.47. The fourth-order valence-electron chi connectivity index (χ4n) is 3.54. The van der Waals surface area contributed by atoms with Crippen LogP contribution in [0.5, 0.6) is 0 Å². The molecule has 2 atom stereocenters. The smallest absolute Gasteiger partial charge is 0.239 e. The lowest BCUT2D eigenvalue weighted by atomic mass is 9.97. The summed E-state index contributed by atoms with van der Waals surface area (Å²) >= 11 is 1.78. The maximum absolute atomic E-state index is 12.5. The summed E-state index contributed by atoms with van der Waals surface area (Å²) in [5.74, 6) is 0.600. The zero-order chi connectivity index (χ0) is 15.8. The van der Waals surface area contributed by atoms with Gasteiger partial charge in [0.1, 0.15) is 0 Å². The molecule has 2 aromatic rings. The van der Waals surface area contributed by atoms with Crippen LogP contribution in [0.1, 0.15) is 30.2 Å². The molecule has 3 heterocycles. The fourth-order valence-corrected chi connectivity index (χ4v) is 4.67. The third-order valence-corrected chi connectivity index (χ3v) is 6.07. The van der Waals surface area contributed by atoms with Crippen molar-refractivity contribution >= 4 is 27.5 Å². The summed E-state index contributed by atoms with van der Waals surface area (Å²) in [6, 6.07) is 8.05. The van der Waals surface area contributed by atoms with Gasteiger partial charge in [-0.15, -0.1) is 11.3 Å². The maximum Gasteiger partial charge on any atom is 0.239 e. The molecule has 122 valence electrons. The van der Waals surface area contributed by atoms with Crippen molar-refractivity contribution in [2.75, 3.05) is 19.6 Å². The molecule has 0 bridgehead atoms. The number of β-amino-alcohol motifs (C(OH)–C–C–N with tert-alkyl or cyclic N) is 1. The van der Waals surface area contributed by atoms with Crippen LogP contribution in [0.4, 0.5) is 0 Å². The van der Waals surface area contributed by atoms with Gasteiger partial charge in [0.05, 0.1) is 27.4 Å². The first-order valence-electron chi connectivity index (χ1n) is 8.26. The molecular formula is C17H21N3O2S. The number of aliphatic hydroxyl groups excluding tert-OH is 1. The predicted octanol–water partition coefficient (Wildman–Crippen LogP) is 1.73. The molecule has 1 amide bonds. The number of nitrogens with zero attached hydrogens (tertiary/aromatic N) is 2. The van der Waals surface area contributed by atoms with Gasteiger partial charge in [0.15, 0.2) is 0 Å². The monoisotopic (exact) mass is 331 g/mol. The standard InChI is InChI=1S/C17H21N3O2S/c21-12-9-14(18-10-12)17(22)20-7-5-11(6-8-20)16-19-13-3-1-2-4-15(13)23-16/h1-4,11-12,14,18,21H,5-10H2/t12-,14-/m1/s1. The number of benzene rings is 1. The second kappa shape index (κ2) is 6.19. The molecule has 0 unspecified atom stereocenters. The van der Waals surface area contributed by atoms with Crippen molar-refractivity contribution in [3.8, 4) is 0 Å². The number of likely N-dealkylation sites (tertiary alicyclic amines) is 1. The Kier molecular flexibility index (Phi) is 4.05. The number of rotatable bonds is 2. The van der Waals surface area contributed by atoms with Crippen molar-refractivity contribution in [3.63, 3.8) is 0 Å². The van der Waals surface area contributed by atoms with Gasteiger partial charge in [0, 0.05) is 25.6 Å². The van der Waals surface area contributed by atoms with Gasteiger partial charge in [-0.25, -0.2) is 4.98 Å². The number of piperidine rings is 1. The molecular weight excluding hydrogens is 310 g/mol. The van der Waals surface area contributed by atoms with E-state index in [4.69, 9.17) is 4.98 Å². The molecule has 0 radical (unpaired) electrons. The molecule has 2 saturated heterocycles. The lowest BCUT2D eigenvalue weighted by Crippen LogP contribution is -2.46. The van der Waals surface area contributed by atoms with Gasteiger partial charge in [0.2, 0.25) is 5.91 Å². The van der Waals surface area contributed by atoms with Crippen molar-refractivity contribution in [1.82, 2.24) is 15.2 Å². The van der Waals surface area contributed by atoms with E-state index in [1.807, 2.05) is 11.0 Å². The number of amides is 1. The largest absolute Gasteiger partial charge is 0.392 e. The molecule has 23 heavy (non-hydrogen) atoms. The van der Waals surface area contributed by atoms with E-state index < -0.39 is 0 Å². The van der Waals surface area contributed by atoms with Gasteiger partial charge in [-0.1, -0.05) is 12.1 Å². The average Bonchev–Trinajstić information content (AvgIpc) is 3.20. The Morgan fingerprint density at radius 1 is 1.30 bits per heavy atom. The Morgan fingerprint density at radius 3 is 2.78 bits per heavy atom. The molecule has 2 aliphatic heterocycles. The number of carbonyl (C=O) groups excluding carboxylic acids is 1. The molecule has 1 aromatic heterocycles. The number of carbonyl (C=O) groups is 1. The van der Waals surface area contributed by atoms with Crippen LogP contribution in [-0.4, -0.2) is 52.7 Å². The van der Waals surface area contributed by atoms with Crippen LogP contribution in [0.15, 0.2) is 24.3 Å². The van der Waals surface area contributed by atoms with Gasteiger partial charge in [-0.2, -0.15) is 0 Å². The third-order valence-electron chi connectivity index (χ3n) is 4.87. The minimum Gasteiger partial charge on any atom is -0.392 e. The van der Waals surface area contributed by atoms with E-state index >= 15 is 0 Å². The Morgan fingerprint density at radius 2 is 2.09 bits per heavy atom. The molecule has 5 nitrogen and oxygen atoms in total. The van der Waals surface area contributed by atoms with Crippen molar-refractivity contribution in [1.29, 1.82) is 0 Å². The zero-order valence-electron chi connectivity index (χ0n) is 12.9. The Bertz CT molecular complexity index is 676. The van der Waals surface area contributed by atoms with Crippen molar-refractivity contribution < 1.29 is 9.90 Å². The highest BCUT2D eigenvalue weighted by molar-refractivity contribution is 7.18. The van der Waals surface area contributed by atoms with Gasteiger partial charge >= 0.3 is 0 Å². The lowest BCUT2D eigenvalue weighted by Gasteiger charge is -2.32. The predicted molar refractivity (Wildman–Crippen MR) is 90.6 cm³/mol. The zero-order valence-corrected chi connectivity index (χ0v) is 13.8. The van der Waals surface area contributed by atoms with Crippen molar-refractivity contribution in [2.45, 2.75) is 37.3 Å². The van der Waals surface area contributed by atoms with Gasteiger partial charge < -0.3 is 15.3 Å². The van der Waals surface area contributed by atoms with Gasteiger partial charge in [-0.3, -0.25) is 4.79 Å². The molecule has 2 N–H and O–H groups in total. The average molecular weight is 331 g/mol. The number of hydrogen-bond acceptors (Lipinski definition) is 5. The van der Waals surface area contributed by atoms with Gasteiger partial charge in [-0.05, 0) is 31.4 Å². The minimum absolute atomic E-state index is 0.143. The summed E-state index contributed by atoms with van der Waals surface area (Å²) in [7, 11) is 0. The molecule has 0 saturated carbocycles. The molecule has 0 aliphatic carbocycles. The molecule has 0 spiro atoms.